The minimum absolute atomic E-state index is 0.0169. The van der Waals surface area contributed by atoms with Crippen LogP contribution in [0.15, 0.2) is 23.1 Å². The Morgan fingerprint density at radius 2 is 1.81 bits per heavy atom. The average Bonchev–Trinajstić information content (AvgIpc) is 2.69. The number of carbonyl (C=O) groups excluding carboxylic acids is 2. The first-order valence-corrected chi connectivity index (χ1v) is 12.8. The second-order valence-corrected chi connectivity index (χ2v) is 11.5. The Bertz CT molecular complexity index is 968. The van der Waals surface area contributed by atoms with Crippen molar-refractivity contribution < 1.29 is 27.1 Å². The third-order valence-corrected chi connectivity index (χ3v) is 6.84. The van der Waals surface area contributed by atoms with Gasteiger partial charge in [-0.25, -0.2) is 17.6 Å². The van der Waals surface area contributed by atoms with Gasteiger partial charge in [-0.15, -0.1) is 0 Å². The van der Waals surface area contributed by atoms with Gasteiger partial charge in [-0.3, -0.25) is 4.79 Å². The topological polar surface area (TPSA) is 96.0 Å². The van der Waals surface area contributed by atoms with Crippen molar-refractivity contribution in [1.29, 1.82) is 0 Å². The quantitative estimate of drug-likeness (QED) is 0.728. The van der Waals surface area contributed by atoms with E-state index in [4.69, 9.17) is 4.74 Å². The fourth-order valence-electron chi connectivity index (χ4n) is 4.11. The average molecular weight is 470 g/mol. The molecule has 2 amide bonds. The number of nitrogens with one attached hydrogen (secondary N) is 1. The molecule has 1 unspecified atom stereocenters. The maximum atomic E-state index is 14.4. The zero-order chi connectivity index (χ0) is 23.7. The summed E-state index contributed by atoms with van der Waals surface area (Å²) < 4.78 is 43.1. The number of likely N-dealkylation sites (tertiary alicyclic amines) is 2. The third-order valence-electron chi connectivity index (χ3n) is 5.73. The Kier molecular flexibility index (Phi) is 7.02. The Morgan fingerprint density at radius 3 is 2.38 bits per heavy atom. The maximum Gasteiger partial charge on any atom is 0.410 e. The summed E-state index contributed by atoms with van der Waals surface area (Å²) in [6.07, 6.45) is 3.35. The molecule has 0 aliphatic carbocycles. The molecule has 2 fully saturated rings. The van der Waals surface area contributed by atoms with Gasteiger partial charge in [0.15, 0.2) is 9.84 Å². The fourth-order valence-corrected chi connectivity index (χ4v) is 4.75. The van der Waals surface area contributed by atoms with Crippen LogP contribution in [-0.2, 0) is 19.4 Å². The molecule has 32 heavy (non-hydrogen) atoms. The van der Waals surface area contributed by atoms with Crippen molar-refractivity contribution in [1.82, 2.24) is 9.80 Å². The van der Waals surface area contributed by atoms with Crippen molar-refractivity contribution in [3.8, 4) is 0 Å². The first kappa shape index (κ1) is 24.3. The molecule has 10 heteroatoms. The highest BCUT2D eigenvalue weighted by molar-refractivity contribution is 7.90. The number of amides is 2. The number of carbonyl (C=O) groups is 2. The number of ether oxygens (including phenoxy) is 1. The zero-order valence-corrected chi connectivity index (χ0v) is 19.9. The van der Waals surface area contributed by atoms with E-state index in [0.29, 0.717) is 38.9 Å². The van der Waals surface area contributed by atoms with Crippen molar-refractivity contribution in [3.05, 3.63) is 24.0 Å². The summed E-state index contributed by atoms with van der Waals surface area (Å²) >= 11 is 0. The Labute approximate surface area is 189 Å². The molecular formula is C22H32FN3O5S. The van der Waals surface area contributed by atoms with E-state index in [1.54, 1.807) is 4.90 Å². The van der Waals surface area contributed by atoms with Gasteiger partial charge in [-0.1, -0.05) is 0 Å². The first-order valence-electron chi connectivity index (χ1n) is 10.9. The molecule has 2 aliphatic rings. The molecule has 0 saturated carbocycles. The predicted octanol–water partition coefficient (Wildman–Crippen LogP) is 3.03. The van der Waals surface area contributed by atoms with E-state index < -0.39 is 27.3 Å². The summed E-state index contributed by atoms with van der Waals surface area (Å²) in [6.45, 7) is 7.15. The van der Waals surface area contributed by atoms with Gasteiger partial charge in [0.1, 0.15) is 17.5 Å². The summed E-state index contributed by atoms with van der Waals surface area (Å²) in [7, 11) is -3.51. The smallest absolute Gasteiger partial charge is 0.410 e. The monoisotopic (exact) mass is 469 g/mol. The van der Waals surface area contributed by atoms with Gasteiger partial charge in [-0.2, -0.15) is 0 Å². The predicted molar refractivity (Wildman–Crippen MR) is 119 cm³/mol. The minimum Gasteiger partial charge on any atom is -0.444 e. The van der Waals surface area contributed by atoms with E-state index in [2.05, 4.69) is 5.32 Å². The molecule has 0 bridgehead atoms. The van der Waals surface area contributed by atoms with Crippen molar-refractivity contribution in [2.24, 2.45) is 0 Å². The number of hydrogen-bond donors (Lipinski definition) is 1. The van der Waals surface area contributed by atoms with Gasteiger partial charge >= 0.3 is 6.09 Å². The molecule has 0 radical (unpaired) electrons. The van der Waals surface area contributed by atoms with Crippen LogP contribution in [0.4, 0.5) is 14.9 Å². The van der Waals surface area contributed by atoms with Gasteiger partial charge in [0, 0.05) is 31.9 Å². The van der Waals surface area contributed by atoms with Crippen LogP contribution in [0.25, 0.3) is 0 Å². The highest BCUT2D eigenvalue weighted by Gasteiger charge is 2.36. The molecule has 1 N–H and O–H groups in total. The second-order valence-electron chi connectivity index (χ2n) is 9.48. The summed E-state index contributed by atoms with van der Waals surface area (Å²) in [5.41, 5.74) is -0.442. The van der Waals surface area contributed by atoms with Gasteiger partial charge < -0.3 is 19.9 Å². The molecule has 178 valence electrons. The van der Waals surface area contributed by atoms with Crippen LogP contribution in [0.2, 0.25) is 0 Å². The van der Waals surface area contributed by atoms with Crippen LogP contribution in [0.1, 0.15) is 46.5 Å². The molecule has 0 aromatic heterocycles. The SMILES string of the molecule is CC(C)(C)OC(=O)N1CCC(N2CCCC(Nc3ccc(S(C)(=O)=O)cc3F)C2=O)CC1. The van der Waals surface area contributed by atoms with Crippen molar-refractivity contribution in [2.75, 3.05) is 31.2 Å². The van der Waals surface area contributed by atoms with Crippen molar-refractivity contribution >= 4 is 27.5 Å². The van der Waals surface area contributed by atoms with E-state index in [1.807, 2.05) is 25.7 Å². The van der Waals surface area contributed by atoms with Gasteiger partial charge in [-0.05, 0) is 64.7 Å². The van der Waals surface area contributed by atoms with E-state index in [0.717, 1.165) is 18.7 Å². The molecule has 1 atom stereocenters. The highest BCUT2D eigenvalue weighted by atomic mass is 32.2. The Balaban J connectivity index is 1.61. The van der Waals surface area contributed by atoms with Gasteiger partial charge in [0.2, 0.25) is 5.91 Å². The summed E-state index contributed by atoms with van der Waals surface area (Å²) in [6, 6.07) is 3.10. The summed E-state index contributed by atoms with van der Waals surface area (Å²) in [5.74, 6) is -0.804. The molecule has 8 nitrogen and oxygen atoms in total. The molecule has 1 aromatic rings. The molecule has 0 spiro atoms. The molecule has 2 heterocycles. The van der Waals surface area contributed by atoms with Crippen molar-refractivity contribution in [3.63, 3.8) is 0 Å². The van der Waals surface area contributed by atoms with Crippen LogP contribution in [0, 0.1) is 5.82 Å². The van der Waals surface area contributed by atoms with Crippen LogP contribution >= 0.6 is 0 Å². The number of sulfone groups is 1. The van der Waals surface area contributed by atoms with E-state index >= 15 is 0 Å². The first-order chi connectivity index (χ1) is 14.8. The lowest BCUT2D eigenvalue weighted by Crippen LogP contribution is -2.55. The molecule has 3 rings (SSSR count). The standard InChI is InChI=1S/C22H32FN3O5S/c1-22(2,3)31-21(28)25-12-9-15(10-13-25)26-11-5-6-19(20(26)27)24-18-8-7-16(14-17(18)23)32(4,29)30/h7-8,14-15,19,24H,5-6,9-13H2,1-4H3. The van der Waals surface area contributed by atoms with Gasteiger partial charge in [0.05, 0.1) is 10.6 Å². The lowest BCUT2D eigenvalue weighted by atomic mass is 9.97. The maximum absolute atomic E-state index is 14.4. The number of nitrogens with zero attached hydrogens (tertiary/aromatic N) is 2. The molecule has 2 saturated heterocycles. The fraction of sp³-hybridized carbons (Fsp3) is 0.636. The number of anilines is 1. The summed E-state index contributed by atoms with van der Waals surface area (Å²) in [4.78, 5) is 28.8. The van der Waals surface area contributed by atoms with Crippen molar-refractivity contribution in [2.45, 2.75) is 69.0 Å². The molecule has 2 aliphatic heterocycles. The van der Waals surface area contributed by atoms with Crippen LogP contribution in [0.5, 0.6) is 0 Å². The Hall–Kier alpha value is -2.36. The van der Waals surface area contributed by atoms with E-state index in [9.17, 15) is 22.4 Å². The third kappa shape index (κ3) is 5.90. The van der Waals surface area contributed by atoms with Crippen LogP contribution in [0.3, 0.4) is 0 Å². The van der Waals surface area contributed by atoms with E-state index in [1.165, 1.54) is 12.1 Å². The Morgan fingerprint density at radius 1 is 1.16 bits per heavy atom. The van der Waals surface area contributed by atoms with Gasteiger partial charge in [0.25, 0.3) is 0 Å². The number of hydrogen-bond acceptors (Lipinski definition) is 6. The highest BCUT2D eigenvalue weighted by Crippen LogP contribution is 2.26. The summed E-state index contributed by atoms with van der Waals surface area (Å²) in [5, 5.41) is 2.95. The van der Waals surface area contributed by atoms with Crippen LogP contribution < -0.4 is 5.32 Å². The number of piperidine rings is 2. The minimum atomic E-state index is -3.51. The molecule has 1 aromatic carbocycles. The normalized spacial score (nSPS) is 20.9. The lowest BCUT2D eigenvalue weighted by molar-refractivity contribution is -0.137. The largest absolute Gasteiger partial charge is 0.444 e. The number of rotatable bonds is 4. The number of halogens is 1. The zero-order valence-electron chi connectivity index (χ0n) is 19.1. The molecular weight excluding hydrogens is 437 g/mol. The van der Waals surface area contributed by atoms with Crippen LogP contribution in [-0.4, -0.2) is 73.8 Å². The second kappa shape index (κ2) is 9.25. The lowest BCUT2D eigenvalue weighted by Gasteiger charge is -2.42. The van der Waals surface area contributed by atoms with E-state index in [-0.39, 0.29) is 28.6 Å². The number of benzene rings is 1.